The number of halogens is 1. The first-order valence-corrected chi connectivity index (χ1v) is 9.79. The number of hydrogen-bond acceptors (Lipinski definition) is 5. The molecule has 23 heavy (non-hydrogen) atoms. The molecule has 1 unspecified atom stereocenters. The number of benzene rings is 1. The summed E-state index contributed by atoms with van der Waals surface area (Å²) in [6.07, 6.45) is 0.377. The molecular weight excluding hydrogens is 340 g/mol. The molecule has 2 heterocycles. The number of ether oxygens (including phenoxy) is 1. The number of morpholine rings is 1. The standard InChI is InChI=1S/C15H19ClN2O4S/c16-12-2-1-3-13(14(12)18-5-7-22-8-6-18)17-15(19)11-4-9-23(20,21)10-11/h1-3,11H,4-10H2,(H,17,19). The first-order valence-electron chi connectivity index (χ1n) is 7.59. The van der Waals surface area contributed by atoms with Gasteiger partial charge in [0.05, 0.1) is 47.0 Å². The highest BCUT2D eigenvalue weighted by molar-refractivity contribution is 7.91. The molecule has 8 heteroatoms. The largest absolute Gasteiger partial charge is 0.378 e. The predicted octanol–water partition coefficient (Wildman–Crippen LogP) is 1.55. The van der Waals surface area contributed by atoms with Gasteiger partial charge < -0.3 is 15.0 Å². The van der Waals surface area contributed by atoms with Crippen molar-refractivity contribution < 1.29 is 17.9 Å². The number of carbonyl (C=O) groups excluding carboxylic acids is 1. The summed E-state index contributed by atoms with van der Waals surface area (Å²) in [6.45, 7) is 2.62. The lowest BCUT2D eigenvalue weighted by atomic mass is 10.1. The molecule has 2 aliphatic heterocycles. The third-order valence-electron chi connectivity index (χ3n) is 4.18. The summed E-state index contributed by atoms with van der Waals surface area (Å²) < 4.78 is 28.4. The van der Waals surface area contributed by atoms with Crippen molar-refractivity contribution in [2.45, 2.75) is 6.42 Å². The SMILES string of the molecule is O=C(Nc1cccc(Cl)c1N1CCOCC1)C1CCS(=O)(=O)C1. The Morgan fingerprint density at radius 3 is 2.70 bits per heavy atom. The monoisotopic (exact) mass is 358 g/mol. The molecule has 0 saturated carbocycles. The normalized spacial score (nSPS) is 23.7. The van der Waals surface area contributed by atoms with Crippen LogP contribution in [0.1, 0.15) is 6.42 Å². The van der Waals surface area contributed by atoms with E-state index in [1.165, 1.54) is 0 Å². The van der Waals surface area contributed by atoms with Gasteiger partial charge in [-0.2, -0.15) is 0 Å². The van der Waals surface area contributed by atoms with Gasteiger partial charge in [-0.15, -0.1) is 0 Å². The molecule has 1 atom stereocenters. The second-order valence-corrected chi connectivity index (χ2v) is 8.46. The van der Waals surface area contributed by atoms with Crippen LogP contribution in [0, 0.1) is 5.92 Å². The van der Waals surface area contributed by atoms with Crippen molar-refractivity contribution in [1.82, 2.24) is 0 Å². The Kier molecular flexibility index (Phi) is 4.79. The summed E-state index contributed by atoms with van der Waals surface area (Å²) in [4.78, 5) is 14.5. The molecule has 1 amide bonds. The Morgan fingerprint density at radius 1 is 1.30 bits per heavy atom. The predicted molar refractivity (Wildman–Crippen MR) is 89.9 cm³/mol. The number of nitrogens with one attached hydrogen (secondary N) is 1. The summed E-state index contributed by atoms with van der Waals surface area (Å²) in [5, 5.41) is 3.42. The molecule has 3 rings (SSSR count). The van der Waals surface area contributed by atoms with Gasteiger partial charge in [0.2, 0.25) is 5.91 Å². The number of sulfone groups is 1. The second kappa shape index (κ2) is 6.67. The van der Waals surface area contributed by atoms with Crippen molar-refractivity contribution in [3.8, 4) is 0 Å². The van der Waals surface area contributed by atoms with Crippen LogP contribution in [0.2, 0.25) is 5.02 Å². The molecule has 2 aliphatic rings. The molecule has 0 aromatic heterocycles. The number of hydrogen-bond donors (Lipinski definition) is 1. The van der Waals surface area contributed by atoms with Gasteiger partial charge in [-0.05, 0) is 18.6 Å². The van der Waals surface area contributed by atoms with E-state index in [4.69, 9.17) is 16.3 Å². The molecular formula is C15H19ClN2O4S. The fourth-order valence-electron chi connectivity index (χ4n) is 2.96. The van der Waals surface area contributed by atoms with Crippen LogP contribution in [0.4, 0.5) is 11.4 Å². The minimum atomic E-state index is -3.09. The zero-order valence-electron chi connectivity index (χ0n) is 12.6. The van der Waals surface area contributed by atoms with E-state index in [1.807, 2.05) is 0 Å². The van der Waals surface area contributed by atoms with E-state index in [0.29, 0.717) is 43.4 Å². The number of rotatable bonds is 3. The molecule has 0 aliphatic carbocycles. The van der Waals surface area contributed by atoms with Crippen molar-refractivity contribution in [1.29, 1.82) is 0 Å². The Hall–Kier alpha value is -1.31. The van der Waals surface area contributed by atoms with Crippen molar-refractivity contribution >= 4 is 38.7 Å². The fraction of sp³-hybridized carbons (Fsp3) is 0.533. The van der Waals surface area contributed by atoms with Gasteiger partial charge in [0.1, 0.15) is 0 Å². The van der Waals surface area contributed by atoms with E-state index in [1.54, 1.807) is 18.2 Å². The van der Waals surface area contributed by atoms with E-state index in [0.717, 1.165) is 5.69 Å². The van der Waals surface area contributed by atoms with Crippen LogP contribution < -0.4 is 10.2 Å². The highest BCUT2D eigenvalue weighted by atomic mass is 35.5. The zero-order valence-corrected chi connectivity index (χ0v) is 14.2. The summed E-state index contributed by atoms with van der Waals surface area (Å²) >= 11 is 6.32. The van der Waals surface area contributed by atoms with Crippen LogP contribution in [0.15, 0.2) is 18.2 Å². The minimum Gasteiger partial charge on any atom is -0.378 e. The molecule has 1 aromatic carbocycles. The summed E-state index contributed by atoms with van der Waals surface area (Å²) in [5.74, 6) is -0.747. The lowest BCUT2D eigenvalue weighted by molar-refractivity contribution is -0.119. The molecule has 0 bridgehead atoms. The number of amides is 1. The molecule has 2 saturated heterocycles. The van der Waals surface area contributed by atoms with Gasteiger partial charge in [0.15, 0.2) is 9.84 Å². The van der Waals surface area contributed by atoms with Gasteiger partial charge in [0.25, 0.3) is 0 Å². The van der Waals surface area contributed by atoms with Gasteiger partial charge >= 0.3 is 0 Å². The highest BCUT2D eigenvalue weighted by Gasteiger charge is 2.33. The van der Waals surface area contributed by atoms with Crippen molar-refractivity contribution in [2.24, 2.45) is 5.92 Å². The van der Waals surface area contributed by atoms with Crippen molar-refractivity contribution in [3.63, 3.8) is 0 Å². The van der Waals surface area contributed by atoms with Gasteiger partial charge in [-0.1, -0.05) is 17.7 Å². The van der Waals surface area contributed by atoms with Crippen LogP contribution in [0.3, 0.4) is 0 Å². The van der Waals surface area contributed by atoms with Crippen molar-refractivity contribution in [2.75, 3.05) is 48.0 Å². The number of carbonyl (C=O) groups is 1. The van der Waals surface area contributed by atoms with Crippen LogP contribution in [0.25, 0.3) is 0 Å². The third-order valence-corrected chi connectivity index (χ3v) is 6.25. The molecule has 2 fully saturated rings. The zero-order chi connectivity index (χ0) is 16.4. The number of anilines is 2. The molecule has 0 radical (unpaired) electrons. The summed E-state index contributed by atoms with van der Waals surface area (Å²) in [7, 11) is -3.09. The van der Waals surface area contributed by atoms with Crippen LogP contribution in [0.5, 0.6) is 0 Å². The van der Waals surface area contributed by atoms with Crippen LogP contribution >= 0.6 is 11.6 Å². The van der Waals surface area contributed by atoms with E-state index in [-0.39, 0.29) is 17.4 Å². The summed E-state index contributed by atoms with van der Waals surface area (Å²) in [6, 6.07) is 5.34. The minimum absolute atomic E-state index is 0.0771. The molecule has 1 aromatic rings. The maximum absolute atomic E-state index is 12.4. The molecule has 0 spiro atoms. The topological polar surface area (TPSA) is 75.7 Å². The number of nitrogens with zero attached hydrogens (tertiary/aromatic N) is 1. The lowest BCUT2D eigenvalue weighted by Crippen LogP contribution is -2.37. The third kappa shape index (κ3) is 3.79. The molecule has 126 valence electrons. The first-order chi connectivity index (χ1) is 11.0. The Bertz CT molecular complexity index is 701. The fourth-order valence-corrected chi connectivity index (χ4v) is 5.00. The van der Waals surface area contributed by atoms with Crippen molar-refractivity contribution in [3.05, 3.63) is 23.2 Å². The second-order valence-electron chi connectivity index (χ2n) is 5.82. The lowest BCUT2D eigenvalue weighted by Gasteiger charge is -2.31. The smallest absolute Gasteiger partial charge is 0.228 e. The quantitative estimate of drug-likeness (QED) is 0.887. The molecule has 6 nitrogen and oxygen atoms in total. The Balaban J connectivity index is 1.80. The first kappa shape index (κ1) is 16.5. The average molecular weight is 359 g/mol. The number of para-hydroxylation sites is 1. The Labute approximate surface area is 140 Å². The highest BCUT2D eigenvalue weighted by Crippen LogP contribution is 2.35. The molecule has 1 N–H and O–H groups in total. The van der Waals surface area contributed by atoms with Crippen LogP contribution in [-0.2, 0) is 19.4 Å². The van der Waals surface area contributed by atoms with E-state index in [2.05, 4.69) is 10.2 Å². The maximum Gasteiger partial charge on any atom is 0.228 e. The van der Waals surface area contributed by atoms with Crippen LogP contribution in [-0.4, -0.2) is 52.1 Å². The summed E-state index contributed by atoms with van der Waals surface area (Å²) in [5.41, 5.74) is 1.39. The average Bonchev–Trinajstić information content (AvgIpc) is 2.88. The van der Waals surface area contributed by atoms with Gasteiger partial charge in [0, 0.05) is 13.1 Å². The Morgan fingerprint density at radius 2 is 2.04 bits per heavy atom. The van der Waals surface area contributed by atoms with E-state index in [9.17, 15) is 13.2 Å². The van der Waals surface area contributed by atoms with Gasteiger partial charge in [-0.3, -0.25) is 4.79 Å². The maximum atomic E-state index is 12.4. The van der Waals surface area contributed by atoms with Gasteiger partial charge in [-0.25, -0.2) is 8.42 Å². The van der Waals surface area contributed by atoms with E-state index >= 15 is 0 Å². The van der Waals surface area contributed by atoms with E-state index < -0.39 is 15.8 Å².